The van der Waals surface area contributed by atoms with E-state index in [1.807, 2.05) is 42.3 Å². The van der Waals surface area contributed by atoms with E-state index in [1.54, 1.807) is 13.2 Å². The van der Waals surface area contributed by atoms with E-state index in [0.29, 0.717) is 13.1 Å². The van der Waals surface area contributed by atoms with Crippen LogP contribution in [-0.2, 0) is 26.7 Å². The van der Waals surface area contributed by atoms with Gasteiger partial charge in [0.25, 0.3) is 0 Å². The topological polar surface area (TPSA) is 72.1 Å². The van der Waals surface area contributed by atoms with Gasteiger partial charge in [-0.1, -0.05) is 36.4 Å². The van der Waals surface area contributed by atoms with Crippen molar-refractivity contribution in [2.45, 2.75) is 19.6 Å². The smallest absolute Gasteiger partial charge is 0.191 e. The molecule has 4 rings (SSSR count). The normalized spacial score (nSPS) is 11.7. The summed E-state index contributed by atoms with van der Waals surface area (Å²) in [5, 5.41) is 10.8. The Hall–Kier alpha value is -3.61. The molecule has 4 aromatic rings. The fourth-order valence-electron chi connectivity index (χ4n) is 3.25. The van der Waals surface area contributed by atoms with Crippen LogP contribution in [0.1, 0.15) is 16.8 Å². The van der Waals surface area contributed by atoms with Gasteiger partial charge < -0.3 is 15.2 Å². The monoisotopic (exact) mass is 387 g/mol. The molecule has 0 aliphatic rings. The van der Waals surface area contributed by atoms with Crippen LogP contribution < -0.4 is 10.6 Å². The van der Waals surface area contributed by atoms with E-state index in [2.05, 4.69) is 60.6 Å². The van der Waals surface area contributed by atoms with Gasteiger partial charge >= 0.3 is 0 Å². The van der Waals surface area contributed by atoms with Gasteiger partial charge in [-0.3, -0.25) is 9.67 Å². The minimum Gasteiger partial charge on any atom is -0.352 e. The molecule has 0 fully saturated rings. The van der Waals surface area contributed by atoms with Gasteiger partial charge in [0.2, 0.25) is 0 Å². The maximum atomic E-state index is 4.46. The van der Waals surface area contributed by atoms with Crippen LogP contribution in [0.25, 0.3) is 11.0 Å². The zero-order chi connectivity index (χ0) is 20.1. The first kappa shape index (κ1) is 18.7. The van der Waals surface area contributed by atoms with Crippen molar-refractivity contribution in [3.05, 3.63) is 83.9 Å². The van der Waals surface area contributed by atoms with Gasteiger partial charge in [0, 0.05) is 33.4 Å². The standard InChI is InChI=1S/C22H25N7/c1-23-22(25-14-19-11-12-27-28(19)2)24-13-17-7-9-18(10-8-17)15-29-16-26-20-5-3-4-6-21(20)29/h3-12,16H,13-15H2,1-2H3,(H2,23,24,25). The van der Waals surface area contributed by atoms with E-state index in [1.165, 1.54) is 11.1 Å². The molecule has 2 aromatic carbocycles. The van der Waals surface area contributed by atoms with Crippen LogP contribution in [0.15, 0.2) is 72.1 Å². The van der Waals surface area contributed by atoms with Crippen LogP contribution in [0.2, 0.25) is 0 Å². The number of fused-ring (bicyclic) bond motifs is 1. The van der Waals surface area contributed by atoms with Crippen LogP contribution in [-0.4, -0.2) is 32.3 Å². The lowest BCUT2D eigenvalue weighted by molar-refractivity contribution is 0.684. The maximum absolute atomic E-state index is 4.46. The number of rotatable bonds is 6. The molecule has 0 bridgehead atoms. The van der Waals surface area contributed by atoms with E-state index < -0.39 is 0 Å². The van der Waals surface area contributed by atoms with Gasteiger partial charge in [-0.15, -0.1) is 0 Å². The summed E-state index contributed by atoms with van der Waals surface area (Å²) in [6.45, 7) is 2.19. The molecule has 0 radical (unpaired) electrons. The Morgan fingerprint density at radius 1 is 0.966 bits per heavy atom. The summed E-state index contributed by atoms with van der Waals surface area (Å²) in [6.07, 6.45) is 3.69. The summed E-state index contributed by atoms with van der Waals surface area (Å²) in [5.41, 5.74) is 5.73. The molecule has 0 aliphatic heterocycles. The summed E-state index contributed by atoms with van der Waals surface area (Å²) in [6, 6.07) is 18.8. The number of para-hydroxylation sites is 2. The highest BCUT2D eigenvalue weighted by atomic mass is 15.3. The van der Waals surface area contributed by atoms with Crippen molar-refractivity contribution in [3.63, 3.8) is 0 Å². The molecule has 0 saturated heterocycles. The van der Waals surface area contributed by atoms with Gasteiger partial charge in [-0.2, -0.15) is 5.10 Å². The predicted molar refractivity (Wildman–Crippen MR) is 116 cm³/mol. The molecule has 2 aromatic heterocycles. The number of hydrogen-bond acceptors (Lipinski definition) is 3. The lowest BCUT2D eigenvalue weighted by Gasteiger charge is -2.12. The maximum Gasteiger partial charge on any atom is 0.191 e. The van der Waals surface area contributed by atoms with Crippen molar-refractivity contribution in [2.24, 2.45) is 12.0 Å². The second-order valence-corrected chi connectivity index (χ2v) is 6.90. The predicted octanol–water partition coefficient (Wildman–Crippen LogP) is 2.68. The summed E-state index contributed by atoms with van der Waals surface area (Å²) < 4.78 is 4.02. The number of nitrogens with one attached hydrogen (secondary N) is 2. The van der Waals surface area contributed by atoms with Crippen molar-refractivity contribution in [3.8, 4) is 0 Å². The SMILES string of the molecule is CN=C(NCc1ccc(Cn2cnc3ccccc32)cc1)NCc1ccnn1C. The third-order valence-electron chi connectivity index (χ3n) is 4.95. The lowest BCUT2D eigenvalue weighted by Crippen LogP contribution is -2.36. The average Bonchev–Trinajstić information content (AvgIpc) is 3.35. The van der Waals surface area contributed by atoms with Crippen LogP contribution in [0.4, 0.5) is 0 Å². The Labute approximate surface area is 170 Å². The number of nitrogens with zero attached hydrogens (tertiary/aromatic N) is 5. The number of aryl methyl sites for hydroxylation is 1. The highest BCUT2D eigenvalue weighted by Crippen LogP contribution is 2.14. The Morgan fingerprint density at radius 2 is 1.72 bits per heavy atom. The number of hydrogen-bond donors (Lipinski definition) is 2. The third kappa shape index (κ3) is 4.45. The van der Waals surface area contributed by atoms with Gasteiger partial charge in [0.1, 0.15) is 0 Å². The first-order chi connectivity index (χ1) is 14.2. The molecule has 0 aliphatic carbocycles. The van der Waals surface area contributed by atoms with Gasteiger partial charge in [0.15, 0.2) is 5.96 Å². The van der Waals surface area contributed by atoms with Gasteiger partial charge in [-0.05, 0) is 29.3 Å². The molecule has 2 heterocycles. The Kier molecular flexibility index (Phi) is 5.56. The number of benzene rings is 2. The van der Waals surface area contributed by atoms with E-state index >= 15 is 0 Å². The second kappa shape index (κ2) is 8.60. The molecule has 2 N–H and O–H groups in total. The Morgan fingerprint density at radius 3 is 2.48 bits per heavy atom. The summed E-state index contributed by atoms with van der Waals surface area (Å²) >= 11 is 0. The molecular formula is C22H25N7. The fraction of sp³-hybridized carbons (Fsp3) is 0.227. The van der Waals surface area contributed by atoms with Crippen molar-refractivity contribution in [1.82, 2.24) is 30.0 Å². The highest BCUT2D eigenvalue weighted by molar-refractivity contribution is 5.79. The van der Waals surface area contributed by atoms with Crippen LogP contribution in [0.3, 0.4) is 0 Å². The first-order valence-corrected chi connectivity index (χ1v) is 9.62. The van der Waals surface area contributed by atoms with E-state index in [4.69, 9.17) is 0 Å². The molecule has 7 nitrogen and oxygen atoms in total. The van der Waals surface area contributed by atoms with Crippen LogP contribution in [0, 0.1) is 0 Å². The van der Waals surface area contributed by atoms with E-state index in [9.17, 15) is 0 Å². The lowest BCUT2D eigenvalue weighted by atomic mass is 10.1. The molecule has 0 spiro atoms. The Bertz CT molecular complexity index is 1110. The van der Waals surface area contributed by atoms with E-state index in [0.717, 1.165) is 29.2 Å². The minimum absolute atomic E-state index is 0.675. The van der Waals surface area contributed by atoms with Crippen molar-refractivity contribution in [1.29, 1.82) is 0 Å². The van der Waals surface area contributed by atoms with Crippen LogP contribution >= 0.6 is 0 Å². The number of aliphatic imine (C=N–C) groups is 1. The number of imidazole rings is 1. The van der Waals surface area contributed by atoms with Crippen molar-refractivity contribution in [2.75, 3.05) is 7.05 Å². The number of aromatic nitrogens is 4. The highest BCUT2D eigenvalue weighted by Gasteiger charge is 2.04. The molecule has 0 amide bonds. The Balaban J connectivity index is 1.32. The van der Waals surface area contributed by atoms with Crippen LogP contribution in [0.5, 0.6) is 0 Å². The van der Waals surface area contributed by atoms with Gasteiger partial charge in [0.05, 0.1) is 29.6 Å². The van der Waals surface area contributed by atoms with Gasteiger partial charge in [-0.25, -0.2) is 4.98 Å². The first-order valence-electron chi connectivity index (χ1n) is 9.62. The number of guanidine groups is 1. The minimum atomic E-state index is 0.675. The molecule has 29 heavy (non-hydrogen) atoms. The quantitative estimate of drug-likeness (QED) is 0.394. The zero-order valence-corrected chi connectivity index (χ0v) is 16.7. The zero-order valence-electron chi connectivity index (χ0n) is 16.7. The summed E-state index contributed by atoms with van der Waals surface area (Å²) in [4.78, 5) is 8.74. The van der Waals surface area contributed by atoms with Crippen molar-refractivity contribution >= 4 is 17.0 Å². The molecule has 0 unspecified atom stereocenters. The van der Waals surface area contributed by atoms with Crippen molar-refractivity contribution < 1.29 is 0 Å². The fourth-order valence-corrected chi connectivity index (χ4v) is 3.25. The molecule has 148 valence electrons. The summed E-state index contributed by atoms with van der Waals surface area (Å²) in [5.74, 6) is 0.764. The average molecular weight is 387 g/mol. The molecule has 0 atom stereocenters. The molecular weight excluding hydrogens is 362 g/mol. The molecule has 0 saturated carbocycles. The largest absolute Gasteiger partial charge is 0.352 e. The molecule has 7 heteroatoms. The second-order valence-electron chi connectivity index (χ2n) is 6.90. The third-order valence-corrected chi connectivity index (χ3v) is 4.95. The van der Waals surface area contributed by atoms with E-state index in [-0.39, 0.29) is 0 Å². The summed E-state index contributed by atoms with van der Waals surface area (Å²) in [7, 11) is 3.71.